The van der Waals surface area contributed by atoms with Gasteiger partial charge in [0.1, 0.15) is 24.7 Å². The summed E-state index contributed by atoms with van der Waals surface area (Å²) >= 11 is 0. The van der Waals surface area contributed by atoms with Crippen molar-refractivity contribution in [1.82, 2.24) is 4.90 Å². The monoisotopic (exact) mass is 1990 g/mol. The quantitative estimate of drug-likeness (QED) is 0.0121. The fourth-order valence-corrected chi connectivity index (χ4v) is 14.6. The lowest BCUT2D eigenvalue weighted by molar-refractivity contribution is -0.282. The summed E-state index contributed by atoms with van der Waals surface area (Å²) in [6, 6.07) is 19.0. The Labute approximate surface area is 795 Å². The van der Waals surface area contributed by atoms with Crippen LogP contribution in [0.1, 0.15) is 141 Å². The largest absolute Gasteiger partial charge is 0.504 e. The first kappa shape index (κ1) is 101. The number of esters is 11. The summed E-state index contributed by atoms with van der Waals surface area (Å²) in [6.45, 7) is -1.91. The number of aromatic hydroxyl groups is 25. The molecule has 0 unspecified atom stereocenters. The highest BCUT2D eigenvalue weighted by Gasteiger charge is 2.56. The molecule has 143 heavy (non-hydrogen) atoms. The van der Waals surface area contributed by atoms with Crippen LogP contribution in [0, 0.1) is 0 Å². The molecule has 14 rings (SSSR count). The molecule has 0 saturated carbocycles. The maximum Gasteiger partial charge on any atom is 0.343 e. The zero-order chi connectivity index (χ0) is 104. The number of carbonyl (C=O) groups excluding carboxylic acids is 11. The average molecular weight is 1990 g/mol. The number of benzene rings is 11. The number of fused-ring (bicyclic) bond motifs is 2. The van der Waals surface area contributed by atoms with Crippen LogP contribution in [0.3, 0.4) is 0 Å². The van der Waals surface area contributed by atoms with E-state index in [0.29, 0.717) is 133 Å². The van der Waals surface area contributed by atoms with Gasteiger partial charge in [-0.1, -0.05) is 30.3 Å². The van der Waals surface area contributed by atoms with Crippen molar-refractivity contribution in [3.05, 3.63) is 213 Å². The molecule has 3 saturated heterocycles. The number of hydrogen-bond donors (Lipinski definition) is 26. The van der Waals surface area contributed by atoms with E-state index in [2.05, 4.69) is 11.9 Å². The van der Waals surface area contributed by atoms with Crippen LogP contribution >= 0.6 is 0 Å². The molecule has 11 aromatic carbocycles. The minimum atomic E-state index is -3.12. The topological polar surface area (TPSA) is 828 Å². The summed E-state index contributed by atoms with van der Waals surface area (Å²) in [7, 11) is 2.17. The van der Waals surface area contributed by atoms with Crippen molar-refractivity contribution < 1.29 is 242 Å². The van der Waals surface area contributed by atoms with Gasteiger partial charge in [0.15, 0.2) is 156 Å². The Kier molecular flexibility index (Phi) is 29.1. The lowest BCUT2D eigenvalue weighted by atomic mass is 9.97. The van der Waals surface area contributed by atoms with Gasteiger partial charge in [-0.05, 0) is 160 Å². The molecule has 0 amide bonds. The normalized spacial score (nSPS) is 16.9. The Morgan fingerprint density at radius 2 is 0.531 bits per heavy atom. The summed E-state index contributed by atoms with van der Waals surface area (Å²) in [5.74, 6) is -56.8. The summed E-state index contributed by atoms with van der Waals surface area (Å²) in [5, 5.41) is 271. The molecule has 0 spiro atoms. The van der Waals surface area contributed by atoms with E-state index in [4.69, 9.17) is 56.8 Å². The van der Waals surface area contributed by atoms with E-state index in [1.165, 1.54) is 12.8 Å². The van der Waals surface area contributed by atoms with Crippen molar-refractivity contribution in [1.29, 1.82) is 0 Å². The van der Waals surface area contributed by atoms with Gasteiger partial charge >= 0.3 is 65.7 Å². The first-order valence-electron chi connectivity index (χ1n) is 41.0. The molecular weight excluding hydrogens is 1910 g/mol. The van der Waals surface area contributed by atoms with Gasteiger partial charge < -0.3 is 195 Å². The predicted octanol–water partition coefficient (Wildman–Crippen LogP) is 6.77. The number of piperidine rings is 1. The summed E-state index contributed by atoms with van der Waals surface area (Å²) in [6.07, 6.45) is -10.8. The smallest absolute Gasteiger partial charge is 0.343 e. The van der Waals surface area contributed by atoms with Crippen LogP contribution in [-0.4, -0.2) is 272 Å². The molecule has 50 heteroatoms. The maximum atomic E-state index is 15.3. The third-order valence-corrected chi connectivity index (χ3v) is 21.9. The molecule has 11 aromatic rings. The third kappa shape index (κ3) is 22.0. The van der Waals surface area contributed by atoms with Gasteiger partial charge in [-0.15, -0.1) is 0 Å². The molecule has 8 atom stereocenters. The molecule has 3 aliphatic rings. The van der Waals surface area contributed by atoms with Crippen LogP contribution in [0.15, 0.2) is 152 Å². The molecule has 0 aromatic heterocycles. The predicted molar refractivity (Wildman–Crippen MR) is 463 cm³/mol. The highest BCUT2D eigenvalue weighted by atomic mass is 16.8. The molecule has 50 nitrogen and oxygen atoms in total. The van der Waals surface area contributed by atoms with E-state index in [0.717, 1.165) is 18.4 Å². The molecule has 2 bridgehead atoms. The zero-order valence-electron chi connectivity index (χ0n) is 72.3. The lowest BCUT2D eigenvalue weighted by Crippen LogP contribution is -2.63. The second-order valence-corrected chi connectivity index (χ2v) is 31.4. The van der Waals surface area contributed by atoms with E-state index < -0.39 is 331 Å². The van der Waals surface area contributed by atoms with Gasteiger partial charge in [0.25, 0.3) is 0 Å². The van der Waals surface area contributed by atoms with Crippen LogP contribution in [-0.2, 0) is 38.0 Å². The van der Waals surface area contributed by atoms with Gasteiger partial charge in [-0.25, -0.2) is 47.9 Å². The van der Waals surface area contributed by atoms with Crippen molar-refractivity contribution in [3.63, 3.8) is 0 Å². The van der Waals surface area contributed by atoms with Crippen LogP contribution in [0.5, 0.6) is 172 Å². The Bertz CT molecular complexity index is 6860. The fourth-order valence-electron chi connectivity index (χ4n) is 14.6. The highest BCUT2D eigenvalue weighted by Crippen LogP contribution is 2.49. The summed E-state index contributed by atoms with van der Waals surface area (Å²) in [4.78, 5) is 157. The van der Waals surface area contributed by atoms with E-state index in [1.54, 1.807) is 0 Å². The number of rotatable bonds is 25. The molecule has 3 fully saturated rings. The van der Waals surface area contributed by atoms with Gasteiger partial charge in [0.2, 0.25) is 41.1 Å². The van der Waals surface area contributed by atoms with Crippen molar-refractivity contribution in [2.24, 2.45) is 0 Å². The van der Waals surface area contributed by atoms with E-state index in [9.17, 15) is 171 Å². The number of nitrogens with zero attached hydrogens (tertiary/aromatic N) is 1. The highest BCUT2D eigenvalue weighted by molar-refractivity contribution is 6.00. The number of hydrogen-bond acceptors (Lipinski definition) is 50. The average Bonchev–Trinajstić information content (AvgIpc) is 1.08. The van der Waals surface area contributed by atoms with Crippen LogP contribution < -0.4 is 23.7 Å². The van der Waals surface area contributed by atoms with Crippen molar-refractivity contribution >= 4 is 65.7 Å². The van der Waals surface area contributed by atoms with E-state index in [-0.39, 0.29) is 18.7 Å². The van der Waals surface area contributed by atoms with Crippen molar-refractivity contribution in [2.75, 3.05) is 20.3 Å². The molecule has 26 N–H and O–H groups in total. The Morgan fingerprint density at radius 3 is 0.804 bits per heavy atom. The van der Waals surface area contributed by atoms with E-state index in [1.807, 2.05) is 30.3 Å². The maximum absolute atomic E-state index is 15.3. The lowest BCUT2D eigenvalue weighted by Gasteiger charge is -2.43. The van der Waals surface area contributed by atoms with Gasteiger partial charge in [0.05, 0.1) is 62.2 Å². The number of ether oxygens (including phenoxy) is 12. The van der Waals surface area contributed by atoms with Crippen LogP contribution in [0.25, 0.3) is 0 Å². The van der Waals surface area contributed by atoms with E-state index >= 15 is 14.4 Å². The Hall–Kier alpha value is -19.5. The summed E-state index contributed by atoms with van der Waals surface area (Å²) < 4.78 is 66.1. The van der Waals surface area contributed by atoms with Gasteiger partial charge in [0, 0.05) is 12.1 Å². The van der Waals surface area contributed by atoms with Crippen molar-refractivity contribution in [3.8, 4) is 172 Å². The molecular formula is C93H75NO49. The Balaban J connectivity index is 0.000000717. The number of phenols is 25. The molecule has 3 heterocycles. The molecule has 0 radical (unpaired) electrons. The number of phenolic OH excluding ortho intramolecular Hbond substituents is 25. The first-order valence-corrected chi connectivity index (χ1v) is 41.0. The fraction of sp³-hybridized carbons (Fsp3) is 0.172. The summed E-state index contributed by atoms with van der Waals surface area (Å²) in [5.41, 5.74) is -9.07. The molecule has 746 valence electrons. The zero-order valence-corrected chi connectivity index (χ0v) is 72.3. The van der Waals surface area contributed by atoms with Crippen LogP contribution in [0.2, 0.25) is 0 Å². The number of carbonyl (C=O) groups is 11. The van der Waals surface area contributed by atoms with Crippen molar-refractivity contribution in [2.45, 2.75) is 80.5 Å². The SMILES string of the molecule is CN1[C@@H]2CC[C@@H]1CC(OC(=O)[C@H](CO)c1ccccc1)C2.O=C(OC[C@H]1O[C@@H](OC(=O)c2cc(O)c(O)c(OC(=O)c3cc(O)c(O)c(O)c3)c2)[C@H](OC(=O)c2cc(O)c(O)c(OC(=O)c3cc(O)c(O)c(O)c3)c2)[C@@H](OC(=O)c2cc(O)c(O)c(OC(=O)c3cc(O)c(O)c(O)c3)c2)[C@@H]1OC(=O)c1cc(O)c(O)c(OC(=O)c2cc(O)c(O)c(O)c2)c1)c1cc(O)c(O)c(OC(=O)c2cc(O)c(O)c(O)c2)c1. The van der Waals surface area contributed by atoms with Crippen LogP contribution in [0.4, 0.5) is 0 Å². The number of aliphatic hydroxyl groups excluding tert-OH is 1. The van der Waals surface area contributed by atoms with Gasteiger partial charge in [-0.2, -0.15) is 0 Å². The molecule has 0 aliphatic carbocycles. The first-order chi connectivity index (χ1) is 67.5. The minimum Gasteiger partial charge on any atom is -0.504 e. The second kappa shape index (κ2) is 41.2. The number of aliphatic hydroxyl groups is 1. The second-order valence-electron chi connectivity index (χ2n) is 31.4. The molecule has 3 aliphatic heterocycles. The van der Waals surface area contributed by atoms with Gasteiger partial charge in [-0.3, -0.25) is 4.79 Å². The Morgan fingerprint density at radius 1 is 0.294 bits per heavy atom. The minimum absolute atomic E-state index is 0.00367. The standard InChI is InChI=1S/C76H52O46.C17H23NO3/c77-32-1-22(2-33(78)53(32)92)67(103)113-47-16-27(11-42(87)58(47)97)66(102)112-21-52-63(119-72(108)28-12-43(88)59(98)48(17-28)114-68(104)23-3-34(79)54(93)35(80)4-23)64(120-73(109)29-13-44(89)60(99)49(18-29)115-69(105)24-5-36(81)55(94)37(82)6-24)65(121-74(110)30-14-45(90)61(100)50(19-30)116-70(106)25-7-38(83)56(95)39(84)8-25)76(118-52)122-75(111)31-15-46(91)62(101)51(20-31)117-71(107)26-9-40(85)57(96)41(86)10-26;1-18-13-7-8-14(18)10-15(9-13)21-17(20)16(11-19)12-5-3-2-4-6-12/h1-20,52,63-65,76-101H,21H2;2-6,13-16,19H,7-11H2,1H3/t52-,63-,64+,65-,76+;13-,14-,16-/m11/s1. The third-order valence-electron chi connectivity index (χ3n) is 21.9.